The Morgan fingerprint density at radius 2 is 1.41 bits per heavy atom. The van der Waals surface area contributed by atoms with Gasteiger partial charge < -0.3 is 9.47 Å². The predicted molar refractivity (Wildman–Crippen MR) is 115 cm³/mol. The van der Waals surface area contributed by atoms with Crippen molar-refractivity contribution >= 4 is 11.9 Å². The van der Waals surface area contributed by atoms with E-state index in [0.29, 0.717) is 12.4 Å². The monoisotopic (exact) mass is 396 g/mol. The number of hydrogen-bond donors (Lipinski definition) is 0. The van der Waals surface area contributed by atoms with Gasteiger partial charge in [0.25, 0.3) is 0 Å². The molecule has 0 aliphatic carbocycles. The second kappa shape index (κ2) is 11.4. The standard InChI is InChI=1S/C25H32O4/c1-4-5-6-10-19-28-23(26)17-18-24(27)29-22-15-13-21(14-16-22)25(2,3)20-11-8-7-9-12-20/h7-9,11-16H,4-6,10,17-19H2,1-3H3. The summed E-state index contributed by atoms with van der Waals surface area (Å²) in [6.07, 6.45) is 4.28. The van der Waals surface area contributed by atoms with Crippen molar-refractivity contribution in [1.29, 1.82) is 0 Å². The average Bonchev–Trinajstić information content (AvgIpc) is 2.73. The average molecular weight is 397 g/mol. The van der Waals surface area contributed by atoms with E-state index in [9.17, 15) is 9.59 Å². The van der Waals surface area contributed by atoms with Crippen molar-refractivity contribution in [3.8, 4) is 5.75 Å². The highest BCUT2D eigenvalue weighted by Gasteiger charge is 2.22. The molecule has 0 amide bonds. The van der Waals surface area contributed by atoms with Crippen LogP contribution in [0.3, 0.4) is 0 Å². The molecule has 0 N–H and O–H groups in total. The zero-order valence-electron chi connectivity index (χ0n) is 17.8. The van der Waals surface area contributed by atoms with E-state index >= 15 is 0 Å². The fourth-order valence-electron chi connectivity index (χ4n) is 3.13. The first-order valence-electron chi connectivity index (χ1n) is 10.5. The van der Waals surface area contributed by atoms with E-state index in [-0.39, 0.29) is 24.2 Å². The van der Waals surface area contributed by atoms with Crippen LogP contribution < -0.4 is 4.74 Å². The van der Waals surface area contributed by atoms with Gasteiger partial charge in [-0.2, -0.15) is 0 Å². The molecular formula is C25H32O4. The fourth-order valence-corrected chi connectivity index (χ4v) is 3.13. The van der Waals surface area contributed by atoms with Crippen LogP contribution in [0.4, 0.5) is 0 Å². The van der Waals surface area contributed by atoms with Crippen LogP contribution in [0.25, 0.3) is 0 Å². The molecule has 0 saturated carbocycles. The fraction of sp³-hybridized carbons (Fsp3) is 0.440. The van der Waals surface area contributed by atoms with Crippen LogP contribution in [-0.2, 0) is 19.7 Å². The number of carbonyl (C=O) groups excluding carboxylic acids is 2. The molecular weight excluding hydrogens is 364 g/mol. The zero-order valence-corrected chi connectivity index (χ0v) is 17.8. The van der Waals surface area contributed by atoms with Gasteiger partial charge in [-0.05, 0) is 29.7 Å². The van der Waals surface area contributed by atoms with Crippen molar-refractivity contribution in [1.82, 2.24) is 0 Å². The predicted octanol–water partition coefficient (Wildman–Crippen LogP) is 5.82. The lowest BCUT2D eigenvalue weighted by Gasteiger charge is -2.26. The minimum Gasteiger partial charge on any atom is -0.466 e. The highest BCUT2D eigenvalue weighted by Crippen LogP contribution is 2.32. The maximum Gasteiger partial charge on any atom is 0.311 e. The number of benzene rings is 2. The Hall–Kier alpha value is -2.62. The van der Waals surface area contributed by atoms with Crippen LogP contribution in [0.2, 0.25) is 0 Å². The number of rotatable bonds is 11. The summed E-state index contributed by atoms with van der Waals surface area (Å²) in [5.41, 5.74) is 2.21. The molecule has 0 atom stereocenters. The highest BCUT2D eigenvalue weighted by atomic mass is 16.5. The Kier molecular flexibility index (Phi) is 8.91. The normalized spacial score (nSPS) is 11.1. The van der Waals surface area contributed by atoms with E-state index in [1.54, 1.807) is 12.1 Å². The third kappa shape index (κ3) is 7.37. The molecule has 0 aliphatic rings. The molecule has 0 bridgehead atoms. The first-order chi connectivity index (χ1) is 13.9. The lowest BCUT2D eigenvalue weighted by Crippen LogP contribution is -2.18. The quantitative estimate of drug-likeness (QED) is 0.273. The molecule has 29 heavy (non-hydrogen) atoms. The molecule has 2 rings (SSSR count). The summed E-state index contributed by atoms with van der Waals surface area (Å²) in [5, 5.41) is 0. The second-order valence-corrected chi connectivity index (χ2v) is 7.77. The van der Waals surface area contributed by atoms with Crippen molar-refractivity contribution in [3.63, 3.8) is 0 Å². The van der Waals surface area contributed by atoms with Crippen molar-refractivity contribution in [2.24, 2.45) is 0 Å². The molecule has 0 heterocycles. The number of carbonyl (C=O) groups is 2. The Morgan fingerprint density at radius 1 is 0.793 bits per heavy atom. The maximum absolute atomic E-state index is 12.0. The van der Waals surface area contributed by atoms with Gasteiger partial charge in [-0.1, -0.05) is 82.5 Å². The van der Waals surface area contributed by atoms with Gasteiger partial charge in [0.1, 0.15) is 5.75 Å². The van der Waals surface area contributed by atoms with Crippen molar-refractivity contribution in [3.05, 3.63) is 65.7 Å². The summed E-state index contributed by atoms with van der Waals surface area (Å²) in [7, 11) is 0. The first-order valence-corrected chi connectivity index (χ1v) is 10.5. The van der Waals surface area contributed by atoms with E-state index in [1.165, 1.54) is 5.56 Å². The molecule has 0 aromatic heterocycles. The molecule has 2 aromatic rings. The van der Waals surface area contributed by atoms with Gasteiger partial charge in [-0.3, -0.25) is 9.59 Å². The number of unbranched alkanes of at least 4 members (excludes halogenated alkanes) is 3. The topological polar surface area (TPSA) is 52.6 Å². The van der Waals surface area contributed by atoms with Gasteiger partial charge in [0.05, 0.1) is 19.4 Å². The molecule has 156 valence electrons. The van der Waals surface area contributed by atoms with Crippen LogP contribution in [-0.4, -0.2) is 18.5 Å². The van der Waals surface area contributed by atoms with Crippen LogP contribution >= 0.6 is 0 Å². The van der Waals surface area contributed by atoms with Crippen LogP contribution in [0, 0.1) is 0 Å². The minimum absolute atomic E-state index is 0.0189. The number of hydrogen-bond acceptors (Lipinski definition) is 4. The van der Waals surface area contributed by atoms with Crippen molar-refractivity contribution < 1.29 is 19.1 Å². The maximum atomic E-state index is 12.0. The van der Waals surface area contributed by atoms with Gasteiger partial charge >= 0.3 is 11.9 Å². The Bertz CT molecular complexity index is 763. The van der Waals surface area contributed by atoms with Gasteiger partial charge in [0.2, 0.25) is 0 Å². The number of esters is 2. The van der Waals surface area contributed by atoms with Crippen LogP contribution in [0.1, 0.15) is 70.4 Å². The van der Waals surface area contributed by atoms with E-state index in [2.05, 4.69) is 32.9 Å². The van der Waals surface area contributed by atoms with E-state index in [0.717, 1.165) is 31.2 Å². The lowest BCUT2D eigenvalue weighted by atomic mass is 9.78. The molecule has 2 aromatic carbocycles. The summed E-state index contributed by atoms with van der Waals surface area (Å²) in [6.45, 7) is 6.89. The van der Waals surface area contributed by atoms with Crippen LogP contribution in [0.15, 0.2) is 54.6 Å². The first kappa shape index (κ1) is 22.7. The van der Waals surface area contributed by atoms with E-state index < -0.39 is 5.97 Å². The van der Waals surface area contributed by atoms with Gasteiger partial charge in [0.15, 0.2) is 0 Å². The summed E-state index contributed by atoms with van der Waals surface area (Å²) in [4.78, 5) is 23.7. The molecule has 4 heteroatoms. The molecule has 4 nitrogen and oxygen atoms in total. The molecule has 0 spiro atoms. The SMILES string of the molecule is CCCCCCOC(=O)CCC(=O)Oc1ccc(C(C)(C)c2ccccc2)cc1. The Labute approximate surface area is 174 Å². The third-order valence-electron chi connectivity index (χ3n) is 5.10. The molecule has 0 radical (unpaired) electrons. The minimum atomic E-state index is -0.428. The molecule has 0 saturated heterocycles. The summed E-state index contributed by atoms with van der Waals surface area (Å²) < 4.78 is 10.5. The largest absolute Gasteiger partial charge is 0.466 e. The zero-order chi connectivity index (χ0) is 21.1. The van der Waals surface area contributed by atoms with E-state index in [1.807, 2.05) is 30.3 Å². The molecule has 0 unspecified atom stereocenters. The smallest absolute Gasteiger partial charge is 0.311 e. The number of ether oxygens (including phenoxy) is 2. The Balaban J connectivity index is 1.79. The van der Waals surface area contributed by atoms with Gasteiger partial charge in [0, 0.05) is 5.41 Å². The van der Waals surface area contributed by atoms with Crippen LogP contribution in [0.5, 0.6) is 5.75 Å². The third-order valence-corrected chi connectivity index (χ3v) is 5.10. The molecule has 0 fully saturated rings. The van der Waals surface area contributed by atoms with Gasteiger partial charge in [-0.15, -0.1) is 0 Å². The Morgan fingerprint density at radius 3 is 2.07 bits per heavy atom. The summed E-state index contributed by atoms with van der Waals surface area (Å²) >= 11 is 0. The second-order valence-electron chi connectivity index (χ2n) is 7.77. The lowest BCUT2D eigenvalue weighted by molar-refractivity contribution is -0.147. The highest BCUT2D eigenvalue weighted by molar-refractivity contribution is 5.79. The summed E-state index contributed by atoms with van der Waals surface area (Å²) in [5.74, 6) is -0.294. The summed E-state index contributed by atoms with van der Waals surface area (Å²) in [6, 6.07) is 17.8. The van der Waals surface area contributed by atoms with Crippen molar-refractivity contribution in [2.45, 2.75) is 64.7 Å². The molecule has 0 aliphatic heterocycles. The van der Waals surface area contributed by atoms with Gasteiger partial charge in [-0.25, -0.2) is 0 Å². The van der Waals surface area contributed by atoms with Crippen molar-refractivity contribution in [2.75, 3.05) is 6.61 Å². The van der Waals surface area contributed by atoms with E-state index in [4.69, 9.17) is 9.47 Å².